The minimum absolute atomic E-state index is 0.200. The SMILES string of the molecule is Cc1ccc(CCSCC(=O)O)cc1. The first-order valence-corrected chi connectivity index (χ1v) is 5.69. The average Bonchev–Trinajstić information content (AvgIpc) is 2.15. The van der Waals surface area contributed by atoms with Gasteiger partial charge in [0.1, 0.15) is 0 Å². The van der Waals surface area contributed by atoms with Crippen molar-refractivity contribution in [2.24, 2.45) is 0 Å². The summed E-state index contributed by atoms with van der Waals surface area (Å²) in [6.07, 6.45) is 0.943. The second-order valence-corrected chi connectivity index (χ2v) is 4.29. The Balaban J connectivity index is 2.25. The van der Waals surface area contributed by atoms with Gasteiger partial charge in [-0.15, -0.1) is 11.8 Å². The molecule has 1 aromatic rings. The van der Waals surface area contributed by atoms with Crippen LogP contribution in [-0.4, -0.2) is 22.6 Å². The van der Waals surface area contributed by atoms with E-state index in [1.165, 1.54) is 22.9 Å². The van der Waals surface area contributed by atoms with E-state index in [-0.39, 0.29) is 5.75 Å². The molecule has 0 aliphatic carbocycles. The lowest BCUT2D eigenvalue weighted by Crippen LogP contribution is -1.99. The molecular weight excluding hydrogens is 196 g/mol. The minimum atomic E-state index is -0.737. The fourth-order valence-electron chi connectivity index (χ4n) is 1.10. The lowest BCUT2D eigenvalue weighted by atomic mass is 10.1. The average molecular weight is 210 g/mol. The highest BCUT2D eigenvalue weighted by Gasteiger charge is 1.97. The smallest absolute Gasteiger partial charge is 0.313 e. The van der Waals surface area contributed by atoms with Gasteiger partial charge in [0, 0.05) is 0 Å². The number of carboxylic acids is 1. The van der Waals surface area contributed by atoms with Crippen molar-refractivity contribution in [1.29, 1.82) is 0 Å². The fraction of sp³-hybridized carbons (Fsp3) is 0.364. The number of aryl methyl sites for hydroxylation is 2. The van der Waals surface area contributed by atoms with E-state index in [0.717, 1.165) is 12.2 Å². The second kappa shape index (κ2) is 5.70. The van der Waals surface area contributed by atoms with Gasteiger partial charge in [-0.25, -0.2) is 0 Å². The summed E-state index contributed by atoms with van der Waals surface area (Å²) in [4.78, 5) is 10.2. The van der Waals surface area contributed by atoms with Gasteiger partial charge in [-0.05, 0) is 24.7 Å². The molecule has 0 unspecified atom stereocenters. The normalized spacial score (nSPS) is 10.1. The molecule has 0 atom stereocenters. The molecule has 0 radical (unpaired) electrons. The van der Waals surface area contributed by atoms with Gasteiger partial charge in [0.2, 0.25) is 0 Å². The number of carbonyl (C=O) groups is 1. The monoisotopic (exact) mass is 210 g/mol. The van der Waals surface area contributed by atoms with Crippen LogP contribution >= 0.6 is 11.8 Å². The van der Waals surface area contributed by atoms with Gasteiger partial charge in [0.15, 0.2) is 0 Å². The van der Waals surface area contributed by atoms with Gasteiger partial charge in [0.25, 0.3) is 0 Å². The number of hydrogen-bond acceptors (Lipinski definition) is 2. The molecule has 0 spiro atoms. The highest BCUT2D eigenvalue weighted by molar-refractivity contribution is 7.99. The summed E-state index contributed by atoms with van der Waals surface area (Å²) in [6, 6.07) is 8.35. The van der Waals surface area contributed by atoms with Gasteiger partial charge >= 0.3 is 5.97 Å². The summed E-state index contributed by atoms with van der Waals surface area (Å²) >= 11 is 1.46. The molecule has 0 amide bonds. The lowest BCUT2D eigenvalue weighted by Gasteiger charge is -2.00. The van der Waals surface area contributed by atoms with E-state index in [4.69, 9.17) is 5.11 Å². The first kappa shape index (κ1) is 11.1. The number of carboxylic acid groups (broad SMARTS) is 1. The molecule has 76 valence electrons. The zero-order valence-corrected chi connectivity index (χ0v) is 9.01. The van der Waals surface area contributed by atoms with Crippen LogP contribution in [0.5, 0.6) is 0 Å². The Hall–Kier alpha value is -0.960. The number of thioether (sulfide) groups is 1. The minimum Gasteiger partial charge on any atom is -0.481 e. The van der Waals surface area contributed by atoms with Gasteiger partial charge in [-0.2, -0.15) is 0 Å². The molecule has 14 heavy (non-hydrogen) atoms. The third-order valence-electron chi connectivity index (χ3n) is 1.88. The molecule has 1 N–H and O–H groups in total. The molecule has 1 rings (SSSR count). The summed E-state index contributed by atoms with van der Waals surface area (Å²) in [5, 5.41) is 8.43. The van der Waals surface area contributed by atoms with Crippen LogP contribution in [0.4, 0.5) is 0 Å². The van der Waals surface area contributed by atoms with Crippen molar-refractivity contribution in [3.63, 3.8) is 0 Å². The summed E-state index contributed by atoms with van der Waals surface area (Å²) in [5.41, 5.74) is 2.53. The first-order chi connectivity index (χ1) is 6.68. The van der Waals surface area contributed by atoms with Gasteiger partial charge < -0.3 is 5.11 Å². The van der Waals surface area contributed by atoms with Crippen LogP contribution in [-0.2, 0) is 11.2 Å². The molecule has 3 heteroatoms. The third kappa shape index (κ3) is 4.33. The van der Waals surface area contributed by atoms with E-state index in [1.807, 2.05) is 0 Å². The number of benzene rings is 1. The topological polar surface area (TPSA) is 37.3 Å². The molecule has 0 aliphatic heterocycles. The van der Waals surface area contributed by atoms with Crippen molar-refractivity contribution in [2.45, 2.75) is 13.3 Å². The van der Waals surface area contributed by atoms with E-state index >= 15 is 0 Å². The largest absolute Gasteiger partial charge is 0.481 e. The Morgan fingerprint density at radius 3 is 2.57 bits per heavy atom. The number of hydrogen-bond donors (Lipinski definition) is 1. The summed E-state index contributed by atoms with van der Waals surface area (Å²) in [5.74, 6) is 0.334. The summed E-state index contributed by atoms with van der Waals surface area (Å²) in [7, 11) is 0. The molecule has 0 fully saturated rings. The van der Waals surface area contributed by atoms with Crippen LogP contribution in [0.25, 0.3) is 0 Å². The van der Waals surface area contributed by atoms with E-state index < -0.39 is 5.97 Å². The highest BCUT2D eigenvalue weighted by atomic mass is 32.2. The van der Waals surface area contributed by atoms with Gasteiger partial charge in [0.05, 0.1) is 5.75 Å². The molecular formula is C11H14O2S. The van der Waals surface area contributed by atoms with E-state index in [1.54, 1.807) is 0 Å². The Bertz CT molecular complexity index is 293. The molecule has 0 saturated carbocycles. The zero-order valence-electron chi connectivity index (χ0n) is 8.19. The maximum atomic E-state index is 10.2. The molecule has 2 nitrogen and oxygen atoms in total. The zero-order chi connectivity index (χ0) is 10.4. The van der Waals surface area contributed by atoms with Crippen molar-refractivity contribution in [2.75, 3.05) is 11.5 Å². The standard InChI is InChI=1S/C11H14O2S/c1-9-2-4-10(5-3-9)6-7-14-8-11(12)13/h2-5H,6-8H2,1H3,(H,12,13). The Morgan fingerprint density at radius 2 is 2.00 bits per heavy atom. The Labute approximate surface area is 88.3 Å². The molecule has 1 aromatic carbocycles. The molecule has 0 saturated heterocycles. The van der Waals surface area contributed by atoms with Crippen molar-refractivity contribution in [3.05, 3.63) is 35.4 Å². The van der Waals surface area contributed by atoms with Crippen LogP contribution in [0.1, 0.15) is 11.1 Å². The van der Waals surface area contributed by atoms with E-state index in [2.05, 4.69) is 31.2 Å². The molecule has 0 heterocycles. The van der Waals surface area contributed by atoms with E-state index in [0.29, 0.717) is 0 Å². The fourth-order valence-corrected chi connectivity index (χ4v) is 1.80. The number of aliphatic carboxylic acids is 1. The van der Waals surface area contributed by atoms with Gasteiger partial charge in [-0.3, -0.25) is 4.79 Å². The quantitative estimate of drug-likeness (QED) is 0.758. The van der Waals surface area contributed by atoms with Crippen LogP contribution in [0.15, 0.2) is 24.3 Å². The maximum absolute atomic E-state index is 10.2. The first-order valence-electron chi connectivity index (χ1n) is 4.53. The van der Waals surface area contributed by atoms with Crippen LogP contribution in [0.3, 0.4) is 0 Å². The molecule has 0 aromatic heterocycles. The van der Waals surface area contributed by atoms with Crippen LogP contribution < -0.4 is 0 Å². The van der Waals surface area contributed by atoms with Crippen molar-refractivity contribution < 1.29 is 9.90 Å². The number of rotatable bonds is 5. The van der Waals surface area contributed by atoms with Crippen LogP contribution in [0.2, 0.25) is 0 Å². The second-order valence-electron chi connectivity index (χ2n) is 3.18. The molecule has 0 aliphatic rings. The lowest BCUT2D eigenvalue weighted by molar-refractivity contribution is -0.133. The Morgan fingerprint density at radius 1 is 1.36 bits per heavy atom. The maximum Gasteiger partial charge on any atom is 0.313 e. The predicted molar refractivity (Wildman–Crippen MR) is 59.8 cm³/mol. The van der Waals surface area contributed by atoms with Crippen molar-refractivity contribution >= 4 is 17.7 Å². The highest BCUT2D eigenvalue weighted by Crippen LogP contribution is 2.08. The van der Waals surface area contributed by atoms with Gasteiger partial charge in [-0.1, -0.05) is 29.8 Å². The van der Waals surface area contributed by atoms with Crippen molar-refractivity contribution in [1.82, 2.24) is 0 Å². The third-order valence-corrected chi connectivity index (χ3v) is 2.83. The van der Waals surface area contributed by atoms with Crippen LogP contribution in [0, 0.1) is 6.92 Å². The van der Waals surface area contributed by atoms with Crippen molar-refractivity contribution in [3.8, 4) is 0 Å². The Kier molecular flexibility index (Phi) is 4.53. The summed E-state index contributed by atoms with van der Waals surface area (Å²) < 4.78 is 0. The predicted octanol–water partition coefficient (Wildman–Crippen LogP) is 2.36. The van der Waals surface area contributed by atoms with E-state index in [9.17, 15) is 4.79 Å². The summed E-state index contributed by atoms with van der Waals surface area (Å²) in [6.45, 7) is 2.06. The molecule has 0 bridgehead atoms.